The van der Waals surface area contributed by atoms with Crippen LogP contribution < -0.4 is 20.1 Å². The molecule has 212 valence electrons. The number of hydrogen-bond acceptors (Lipinski definition) is 7. The fraction of sp³-hybridized carbons (Fsp3) is 0.281. The van der Waals surface area contributed by atoms with Gasteiger partial charge in [-0.25, -0.2) is 4.68 Å². The molecule has 1 aliphatic rings. The number of ether oxygens (including phenoxy) is 2. The van der Waals surface area contributed by atoms with E-state index >= 15 is 0 Å². The van der Waals surface area contributed by atoms with Crippen molar-refractivity contribution < 1.29 is 14.3 Å². The molecule has 2 N–H and O–H groups in total. The topological polar surface area (TPSA) is 90.3 Å². The quantitative estimate of drug-likeness (QED) is 0.201. The first kappa shape index (κ1) is 28.3. The van der Waals surface area contributed by atoms with Crippen LogP contribution in [0.4, 0.5) is 11.6 Å². The maximum atomic E-state index is 13.8. The molecule has 9 heteroatoms. The fourth-order valence-corrected chi connectivity index (χ4v) is 5.41. The third-order valence-electron chi connectivity index (χ3n) is 6.81. The molecule has 0 saturated carbocycles. The zero-order chi connectivity index (χ0) is 28.9. The Morgan fingerprint density at radius 2 is 1.83 bits per heavy atom. The first-order valence-corrected chi connectivity index (χ1v) is 14.7. The van der Waals surface area contributed by atoms with E-state index in [-0.39, 0.29) is 5.91 Å². The monoisotopic (exact) mass is 569 g/mol. The predicted molar refractivity (Wildman–Crippen MR) is 164 cm³/mol. The lowest BCUT2D eigenvalue weighted by Gasteiger charge is -2.29. The van der Waals surface area contributed by atoms with Gasteiger partial charge in [0.1, 0.15) is 12.6 Å². The standard InChI is InChI=1S/C32H35N5O3S/c1-6-16-41-32-35-31-33-22(4)28(30(38)34-25-9-7-8-21(3)17-25)29(37(31)36-32)24-14-15-26(27(18-24)39-5)40-19-23-12-10-20(2)11-13-23/h7-15,17-18,29H,6,16,19H2,1-5H3,(H,34,38)(H,33,35,36). The molecule has 8 nitrogen and oxygen atoms in total. The zero-order valence-electron chi connectivity index (χ0n) is 24.0. The van der Waals surface area contributed by atoms with Crippen LogP contribution >= 0.6 is 11.8 Å². The summed E-state index contributed by atoms with van der Waals surface area (Å²) in [5.41, 5.74) is 6.16. The molecule has 1 aliphatic heterocycles. The van der Waals surface area contributed by atoms with Crippen LogP contribution in [-0.4, -0.2) is 33.5 Å². The van der Waals surface area contributed by atoms with Gasteiger partial charge in [0, 0.05) is 17.1 Å². The van der Waals surface area contributed by atoms with Crippen LogP contribution in [0.2, 0.25) is 0 Å². The first-order valence-electron chi connectivity index (χ1n) is 13.7. The molecule has 1 unspecified atom stereocenters. The molecule has 0 fully saturated rings. The number of hydrogen-bond donors (Lipinski definition) is 2. The molecule has 1 aromatic heterocycles. The van der Waals surface area contributed by atoms with Gasteiger partial charge in [0.05, 0.1) is 12.7 Å². The Morgan fingerprint density at radius 1 is 1.02 bits per heavy atom. The van der Waals surface area contributed by atoms with E-state index in [2.05, 4.69) is 48.7 Å². The number of methoxy groups -OCH3 is 1. The van der Waals surface area contributed by atoms with Crippen molar-refractivity contribution in [1.29, 1.82) is 0 Å². The number of thioether (sulfide) groups is 1. The van der Waals surface area contributed by atoms with Gasteiger partial charge >= 0.3 is 0 Å². The van der Waals surface area contributed by atoms with E-state index in [9.17, 15) is 4.79 Å². The molecule has 0 spiro atoms. The highest BCUT2D eigenvalue weighted by Gasteiger charge is 2.35. The lowest BCUT2D eigenvalue weighted by molar-refractivity contribution is -0.113. The van der Waals surface area contributed by atoms with Gasteiger partial charge in [-0.2, -0.15) is 4.98 Å². The molecule has 41 heavy (non-hydrogen) atoms. The Hall–Kier alpha value is -4.24. The van der Waals surface area contributed by atoms with Crippen LogP contribution in [0, 0.1) is 13.8 Å². The van der Waals surface area contributed by atoms with E-state index < -0.39 is 6.04 Å². The van der Waals surface area contributed by atoms with Gasteiger partial charge in [0.15, 0.2) is 11.5 Å². The summed E-state index contributed by atoms with van der Waals surface area (Å²) in [6, 6.07) is 21.2. The molecule has 5 rings (SSSR count). The van der Waals surface area contributed by atoms with E-state index in [4.69, 9.17) is 19.6 Å². The maximum Gasteiger partial charge on any atom is 0.255 e. The third-order valence-corrected chi connectivity index (χ3v) is 7.85. The minimum absolute atomic E-state index is 0.215. The molecular weight excluding hydrogens is 534 g/mol. The second-order valence-corrected chi connectivity index (χ2v) is 11.1. The molecule has 0 aliphatic carbocycles. The summed E-state index contributed by atoms with van der Waals surface area (Å²) in [5.74, 6) is 2.48. The summed E-state index contributed by atoms with van der Waals surface area (Å²) in [4.78, 5) is 18.5. The van der Waals surface area contributed by atoms with Crippen molar-refractivity contribution in [2.75, 3.05) is 23.5 Å². The summed E-state index contributed by atoms with van der Waals surface area (Å²) < 4.78 is 13.7. The Morgan fingerprint density at radius 3 is 2.56 bits per heavy atom. The van der Waals surface area contributed by atoms with Crippen molar-refractivity contribution in [1.82, 2.24) is 14.8 Å². The minimum Gasteiger partial charge on any atom is -0.493 e. The van der Waals surface area contributed by atoms with E-state index in [1.807, 2.05) is 56.3 Å². The van der Waals surface area contributed by atoms with Crippen LogP contribution in [0.5, 0.6) is 11.5 Å². The number of carbonyl (C=O) groups is 1. The van der Waals surface area contributed by atoms with Crippen molar-refractivity contribution in [2.45, 2.75) is 51.9 Å². The van der Waals surface area contributed by atoms with Crippen LogP contribution in [0.25, 0.3) is 0 Å². The number of aryl methyl sites for hydroxylation is 2. The average molecular weight is 570 g/mol. The molecule has 1 amide bonds. The molecule has 0 radical (unpaired) electrons. The van der Waals surface area contributed by atoms with Gasteiger partial charge in [-0.05, 0) is 68.1 Å². The number of anilines is 2. The molecule has 3 aromatic carbocycles. The number of rotatable bonds is 10. The van der Waals surface area contributed by atoms with Crippen LogP contribution in [-0.2, 0) is 11.4 Å². The minimum atomic E-state index is -0.528. The lowest BCUT2D eigenvalue weighted by Crippen LogP contribution is -2.31. The number of nitrogens with one attached hydrogen (secondary N) is 2. The number of amides is 1. The molecular formula is C32H35N5O3S. The van der Waals surface area contributed by atoms with E-state index in [0.29, 0.717) is 40.5 Å². The van der Waals surface area contributed by atoms with Crippen molar-refractivity contribution in [3.63, 3.8) is 0 Å². The number of benzene rings is 3. The van der Waals surface area contributed by atoms with E-state index in [0.717, 1.165) is 34.6 Å². The number of carbonyl (C=O) groups excluding carboxylic acids is 1. The highest BCUT2D eigenvalue weighted by molar-refractivity contribution is 7.99. The first-order chi connectivity index (χ1) is 19.9. The number of aromatic nitrogens is 3. The molecule has 4 aromatic rings. The van der Waals surface area contributed by atoms with Gasteiger partial charge in [0.2, 0.25) is 11.1 Å². The van der Waals surface area contributed by atoms with E-state index in [1.54, 1.807) is 23.6 Å². The van der Waals surface area contributed by atoms with Crippen LogP contribution in [0.1, 0.15) is 48.6 Å². The SMILES string of the molecule is CCCSc1nc2n(n1)C(c1ccc(OCc3ccc(C)cc3)c(OC)c1)C(C(=O)Nc1cccc(C)c1)=C(C)N2. The lowest BCUT2D eigenvalue weighted by atomic mass is 9.94. The summed E-state index contributed by atoms with van der Waals surface area (Å²) in [6.45, 7) is 8.49. The highest BCUT2D eigenvalue weighted by Crippen LogP contribution is 2.40. The maximum absolute atomic E-state index is 13.8. The number of nitrogens with zero attached hydrogens (tertiary/aromatic N) is 3. The van der Waals surface area contributed by atoms with Gasteiger partial charge in [-0.1, -0.05) is 66.7 Å². The smallest absolute Gasteiger partial charge is 0.255 e. The molecule has 0 saturated heterocycles. The average Bonchev–Trinajstić information content (AvgIpc) is 3.37. The zero-order valence-corrected chi connectivity index (χ0v) is 24.8. The van der Waals surface area contributed by atoms with Gasteiger partial charge in [-0.3, -0.25) is 4.79 Å². The van der Waals surface area contributed by atoms with Crippen LogP contribution in [0.15, 0.2) is 83.2 Å². The molecule has 0 bridgehead atoms. The Labute approximate surface area is 245 Å². The largest absolute Gasteiger partial charge is 0.493 e. The van der Waals surface area contributed by atoms with Gasteiger partial charge in [-0.15, -0.1) is 5.10 Å². The number of fused-ring (bicyclic) bond motifs is 1. The second-order valence-electron chi connectivity index (χ2n) is 10.1. The van der Waals surface area contributed by atoms with Gasteiger partial charge < -0.3 is 20.1 Å². The summed E-state index contributed by atoms with van der Waals surface area (Å²) in [5, 5.41) is 11.9. The fourth-order valence-electron chi connectivity index (χ4n) is 4.73. The van der Waals surface area contributed by atoms with Crippen molar-refractivity contribution >= 4 is 29.3 Å². The van der Waals surface area contributed by atoms with Gasteiger partial charge in [0.25, 0.3) is 5.91 Å². The van der Waals surface area contributed by atoms with Crippen LogP contribution in [0.3, 0.4) is 0 Å². The van der Waals surface area contributed by atoms with Crippen molar-refractivity contribution in [2.24, 2.45) is 0 Å². The summed E-state index contributed by atoms with van der Waals surface area (Å²) in [6.07, 6.45) is 1.01. The molecule has 2 heterocycles. The Balaban J connectivity index is 1.50. The Bertz CT molecular complexity index is 1580. The van der Waals surface area contributed by atoms with E-state index in [1.165, 1.54) is 5.56 Å². The number of allylic oxidation sites excluding steroid dienone is 1. The molecule has 1 atom stereocenters. The highest BCUT2D eigenvalue weighted by atomic mass is 32.2. The van der Waals surface area contributed by atoms with Crippen molar-refractivity contribution in [3.05, 3.63) is 100 Å². The third kappa shape index (κ3) is 6.41. The second kappa shape index (κ2) is 12.5. The summed E-state index contributed by atoms with van der Waals surface area (Å²) in [7, 11) is 1.62. The normalized spacial score (nSPS) is 14.3. The Kier molecular flexibility index (Phi) is 8.64. The predicted octanol–water partition coefficient (Wildman–Crippen LogP) is 6.91. The van der Waals surface area contributed by atoms with Crippen molar-refractivity contribution in [3.8, 4) is 11.5 Å². The summed E-state index contributed by atoms with van der Waals surface area (Å²) >= 11 is 1.59.